The summed E-state index contributed by atoms with van der Waals surface area (Å²) in [6, 6.07) is 13.9. The number of rotatable bonds is 3. The van der Waals surface area contributed by atoms with E-state index in [-0.39, 0.29) is 17.7 Å². The first kappa shape index (κ1) is 19.8. The molecule has 1 atom stereocenters. The average Bonchev–Trinajstić information content (AvgIpc) is 3.38. The number of H-pyrrole nitrogens is 1. The topological polar surface area (TPSA) is 69.3 Å². The third kappa shape index (κ3) is 3.94. The van der Waals surface area contributed by atoms with Crippen LogP contribution in [0.5, 0.6) is 0 Å². The predicted octanol–water partition coefficient (Wildman–Crippen LogP) is 3.82. The lowest BCUT2D eigenvalue weighted by Crippen LogP contribution is -2.47. The number of benzene rings is 2. The van der Waals surface area contributed by atoms with E-state index < -0.39 is 0 Å². The zero-order valence-corrected chi connectivity index (χ0v) is 17.7. The summed E-state index contributed by atoms with van der Waals surface area (Å²) in [6.07, 6.45) is 7.16. The van der Waals surface area contributed by atoms with Crippen molar-refractivity contribution in [3.05, 3.63) is 66.2 Å². The molecule has 1 N–H and O–H groups in total. The van der Waals surface area contributed by atoms with E-state index in [0.717, 1.165) is 60.9 Å². The van der Waals surface area contributed by atoms with E-state index in [0.29, 0.717) is 19.0 Å². The number of aromatic amines is 1. The minimum absolute atomic E-state index is 0.00641. The Morgan fingerprint density at radius 2 is 1.74 bits per heavy atom. The third-order valence-corrected chi connectivity index (χ3v) is 6.79. The van der Waals surface area contributed by atoms with Crippen LogP contribution in [-0.4, -0.2) is 57.8 Å². The molecule has 160 valence electrons. The Kier molecular flexibility index (Phi) is 5.45. The maximum Gasteiger partial charge on any atom is 0.254 e. The number of aromatic nitrogens is 2. The Balaban J connectivity index is 1.22. The fourth-order valence-electron chi connectivity index (χ4n) is 5.07. The summed E-state index contributed by atoms with van der Waals surface area (Å²) in [5.74, 6) is 1.59. The number of imidazole rings is 1. The number of piperidine rings is 2. The highest BCUT2D eigenvalue weighted by Gasteiger charge is 2.33. The van der Waals surface area contributed by atoms with Crippen LogP contribution in [0.4, 0.5) is 0 Å². The van der Waals surface area contributed by atoms with Crippen molar-refractivity contribution >= 4 is 22.6 Å². The van der Waals surface area contributed by atoms with Crippen molar-refractivity contribution in [2.45, 2.75) is 31.6 Å². The van der Waals surface area contributed by atoms with Gasteiger partial charge in [-0.2, -0.15) is 0 Å². The second-order valence-electron chi connectivity index (χ2n) is 8.69. The second-order valence-corrected chi connectivity index (χ2v) is 8.69. The monoisotopic (exact) mass is 416 g/mol. The standard InChI is InChI=1S/C25H28N4O2/c30-24(29-14-4-7-20(17-29)23-26-12-13-27-23)19-10-15-28(16-11-19)25(31)22-9-3-6-18-5-1-2-8-21(18)22/h1-3,5-6,8-9,12-13,19-20H,4,7,10-11,14-17H2,(H,26,27). The predicted molar refractivity (Wildman–Crippen MR) is 120 cm³/mol. The van der Waals surface area contributed by atoms with Gasteiger partial charge in [0.1, 0.15) is 5.82 Å². The molecule has 1 aromatic heterocycles. The third-order valence-electron chi connectivity index (χ3n) is 6.79. The molecule has 0 aliphatic carbocycles. The van der Waals surface area contributed by atoms with E-state index in [9.17, 15) is 9.59 Å². The number of amides is 2. The lowest BCUT2D eigenvalue weighted by atomic mass is 9.91. The highest BCUT2D eigenvalue weighted by molar-refractivity contribution is 6.07. The maximum absolute atomic E-state index is 13.2. The van der Waals surface area contributed by atoms with E-state index >= 15 is 0 Å². The fourth-order valence-corrected chi connectivity index (χ4v) is 5.07. The summed E-state index contributed by atoms with van der Waals surface area (Å²) >= 11 is 0. The molecule has 2 aliphatic heterocycles. The van der Waals surface area contributed by atoms with E-state index in [4.69, 9.17) is 0 Å². The van der Waals surface area contributed by atoms with Crippen molar-refractivity contribution in [2.24, 2.45) is 5.92 Å². The van der Waals surface area contributed by atoms with Crippen LogP contribution < -0.4 is 0 Å². The number of hydrogen-bond acceptors (Lipinski definition) is 3. The van der Waals surface area contributed by atoms with Gasteiger partial charge in [-0.1, -0.05) is 36.4 Å². The lowest BCUT2D eigenvalue weighted by Gasteiger charge is -2.37. The molecule has 2 saturated heterocycles. The molecule has 3 aromatic rings. The van der Waals surface area contributed by atoms with Gasteiger partial charge in [-0.05, 0) is 42.5 Å². The van der Waals surface area contributed by atoms with Crippen LogP contribution in [0.1, 0.15) is 47.8 Å². The van der Waals surface area contributed by atoms with Crippen LogP contribution in [0.3, 0.4) is 0 Å². The highest BCUT2D eigenvalue weighted by atomic mass is 16.2. The number of likely N-dealkylation sites (tertiary alicyclic amines) is 2. The number of carbonyl (C=O) groups excluding carboxylic acids is 2. The average molecular weight is 417 g/mol. The first-order valence-corrected chi connectivity index (χ1v) is 11.3. The summed E-state index contributed by atoms with van der Waals surface area (Å²) in [4.78, 5) is 37.9. The first-order valence-electron chi connectivity index (χ1n) is 11.3. The number of fused-ring (bicyclic) bond motifs is 1. The van der Waals surface area contributed by atoms with Gasteiger partial charge in [0.15, 0.2) is 0 Å². The van der Waals surface area contributed by atoms with Crippen LogP contribution in [0.2, 0.25) is 0 Å². The summed E-state index contributed by atoms with van der Waals surface area (Å²) < 4.78 is 0. The quantitative estimate of drug-likeness (QED) is 0.706. The smallest absolute Gasteiger partial charge is 0.254 e. The lowest BCUT2D eigenvalue weighted by molar-refractivity contribution is -0.138. The number of hydrogen-bond donors (Lipinski definition) is 1. The first-order chi connectivity index (χ1) is 15.2. The van der Waals surface area contributed by atoms with Gasteiger partial charge < -0.3 is 14.8 Å². The molecule has 0 radical (unpaired) electrons. The van der Waals surface area contributed by atoms with Gasteiger partial charge in [-0.3, -0.25) is 9.59 Å². The molecule has 0 bridgehead atoms. The van der Waals surface area contributed by atoms with E-state index in [1.165, 1.54) is 0 Å². The Morgan fingerprint density at radius 1 is 0.935 bits per heavy atom. The molecule has 2 amide bonds. The van der Waals surface area contributed by atoms with E-state index in [1.54, 1.807) is 6.20 Å². The Labute approximate surface area is 182 Å². The summed E-state index contributed by atoms with van der Waals surface area (Å²) in [5, 5.41) is 2.07. The number of carbonyl (C=O) groups is 2. The molecule has 31 heavy (non-hydrogen) atoms. The highest BCUT2D eigenvalue weighted by Crippen LogP contribution is 2.28. The second kappa shape index (κ2) is 8.53. The number of nitrogens with zero attached hydrogens (tertiary/aromatic N) is 3. The zero-order chi connectivity index (χ0) is 21.2. The van der Waals surface area contributed by atoms with E-state index in [2.05, 4.69) is 9.97 Å². The molecular weight excluding hydrogens is 388 g/mol. The Morgan fingerprint density at radius 3 is 2.55 bits per heavy atom. The normalized spacial score (nSPS) is 20.2. The van der Waals surface area contributed by atoms with Gasteiger partial charge in [0, 0.05) is 56.0 Å². The van der Waals surface area contributed by atoms with Gasteiger partial charge >= 0.3 is 0 Å². The molecular formula is C25H28N4O2. The Hall–Kier alpha value is -3.15. The van der Waals surface area contributed by atoms with Crippen molar-refractivity contribution < 1.29 is 9.59 Å². The molecule has 0 spiro atoms. The van der Waals surface area contributed by atoms with Gasteiger partial charge in [0.05, 0.1) is 0 Å². The summed E-state index contributed by atoms with van der Waals surface area (Å²) in [6.45, 7) is 2.83. The molecule has 2 fully saturated rings. The number of nitrogens with one attached hydrogen (secondary N) is 1. The van der Waals surface area contributed by atoms with Crippen LogP contribution >= 0.6 is 0 Å². The van der Waals surface area contributed by atoms with Crippen LogP contribution in [0.25, 0.3) is 10.8 Å². The van der Waals surface area contributed by atoms with Crippen molar-refractivity contribution in [3.8, 4) is 0 Å². The molecule has 2 aromatic carbocycles. The molecule has 6 heteroatoms. The van der Waals surface area contributed by atoms with Crippen LogP contribution in [0.15, 0.2) is 54.9 Å². The van der Waals surface area contributed by atoms with Gasteiger partial charge in [0.25, 0.3) is 5.91 Å². The summed E-state index contributed by atoms with van der Waals surface area (Å²) in [7, 11) is 0. The van der Waals surface area contributed by atoms with Gasteiger partial charge in [0.2, 0.25) is 5.91 Å². The fraction of sp³-hybridized carbons (Fsp3) is 0.400. The summed E-state index contributed by atoms with van der Waals surface area (Å²) in [5.41, 5.74) is 0.750. The van der Waals surface area contributed by atoms with Gasteiger partial charge in [-0.15, -0.1) is 0 Å². The molecule has 1 unspecified atom stereocenters. The van der Waals surface area contributed by atoms with E-state index in [1.807, 2.05) is 58.5 Å². The molecule has 0 saturated carbocycles. The van der Waals surface area contributed by atoms with Crippen molar-refractivity contribution in [2.75, 3.05) is 26.2 Å². The zero-order valence-electron chi connectivity index (χ0n) is 17.7. The Bertz CT molecular complexity index is 1060. The largest absolute Gasteiger partial charge is 0.348 e. The molecule has 3 heterocycles. The van der Waals surface area contributed by atoms with Gasteiger partial charge in [-0.25, -0.2) is 4.98 Å². The molecule has 5 rings (SSSR count). The van der Waals surface area contributed by atoms with Crippen molar-refractivity contribution in [1.82, 2.24) is 19.8 Å². The molecule has 6 nitrogen and oxygen atoms in total. The minimum atomic E-state index is 0.00641. The van der Waals surface area contributed by atoms with Crippen LogP contribution in [-0.2, 0) is 4.79 Å². The maximum atomic E-state index is 13.2. The van der Waals surface area contributed by atoms with Crippen LogP contribution in [0, 0.1) is 5.92 Å². The molecule has 2 aliphatic rings. The van der Waals surface area contributed by atoms with Crippen molar-refractivity contribution in [3.63, 3.8) is 0 Å². The SMILES string of the molecule is O=C(c1cccc2ccccc12)N1CCC(C(=O)N2CCCC(c3ncc[nH]3)C2)CC1. The minimum Gasteiger partial charge on any atom is -0.348 e. The van der Waals surface area contributed by atoms with Crippen molar-refractivity contribution in [1.29, 1.82) is 0 Å².